The van der Waals surface area contributed by atoms with Gasteiger partial charge < -0.3 is 25.0 Å². The van der Waals surface area contributed by atoms with E-state index < -0.39 is 0 Å². The topological polar surface area (TPSA) is 108 Å². The molecule has 1 unspecified atom stereocenters. The van der Waals surface area contributed by atoms with E-state index in [9.17, 15) is 4.79 Å². The Bertz CT molecular complexity index is 1620. The SMILES string of the molecule is C=CC(=O)Nc1cc(Nc2cc(N3OCCC3c3cccc(OC)c3)ncn2)c(OC)cc1N1CCC(N2CCN(C3CCC3)CC2)CC1. The number of piperazine rings is 1. The number of carbonyl (C=O) groups excluding carboxylic acids is 1. The van der Waals surface area contributed by atoms with Crippen molar-refractivity contribution in [2.75, 3.05) is 80.7 Å². The zero-order valence-electron chi connectivity index (χ0n) is 28.6. The van der Waals surface area contributed by atoms with Crippen LogP contribution in [0.4, 0.5) is 28.7 Å². The van der Waals surface area contributed by atoms with Crippen molar-refractivity contribution >= 4 is 34.6 Å². The monoisotopic (exact) mass is 668 g/mol. The molecule has 0 spiro atoms. The van der Waals surface area contributed by atoms with Crippen molar-refractivity contribution in [1.29, 1.82) is 0 Å². The van der Waals surface area contributed by atoms with Crippen LogP contribution in [0.15, 0.2) is 61.4 Å². The Balaban J connectivity index is 1.07. The standard InChI is InChI=1S/C37H48N8O4/c1-4-37(46)41-30-22-31(40-35-24-36(39-25-38-35)45-32(13-20-49-45)26-7-5-10-29(21-26)47-2)34(48-3)23-33(30)44-14-11-28(12-15-44)43-18-16-42(17-19-43)27-8-6-9-27/h4-5,7,10,21-25,27-28,32H,1,6,8-9,11-20H2,2-3H3,(H,41,46)(H,38,39,40). The third-order valence-corrected chi connectivity index (χ3v) is 10.5. The number of methoxy groups -OCH3 is 2. The number of ether oxygens (including phenoxy) is 2. The number of rotatable bonds is 11. The summed E-state index contributed by atoms with van der Waals surface area (Å²) >= 11 is 0. The zero-order chi connectivity index (χ0) is 33.7. The summed E-state index contributed by atoms with van der Waals surface area (Å²) in [6.45, 7) is 10.8. The lowest BCUT2D eigenvalue weighted by molar-refractivity contribution is -0.111. The van der Waals surface area contributed by atoms with Crippen LogP contribution >= 0.6 is 0 Å². The number of anilines is 5. The maximum absolute atomic E-state index is 12.6. The van der Waals surface area contributed by atoms with Gasteiger partial charge in [0, 0.05) is 69.9 Å². The summed E-state index contributed by atoms with van der Waals surface area (Å²) in [7, 11) is 3.32. The quantitative estimate of drug-likeness (QED) is 0.257. The van der Waals surface area contributed by atoms with Crippen molar-refractivity contribution in [3.63, 3.8) is 0 Å². The summed E-state index contributed by atoms with van der Waals surface area (Å²) in [5, 5.41) is 8.28. The first-order chi connectivity index (χ1) is 24.0. The highest BCUT2D eigenvalue weighted by molar-refractivity contribution is 6.02. The zero-order valence-corrected chi connectivity index (χ0v) is 28.6. The number of nitrogens with one attached hydrogen (secondary N) is 2. The molecule has 12 nitrogen and oxygen atoms in total. The van der Waals surface area contributed by atoms with Gasteiger partial charge in [-0.3, -0.25) is 19.4 Å². The molecule has 0 radical (unpaired) electrons. The predicted molar refractivity (Wildman–Crippen MR) is 192 cm³/mol. The number of aromatic nitrogens is 2. The minimum atomic E-state index is -0.268. The minimum Gasteiger partial charge on any atom is -0.497 e. The second-order valence-corrected chi connectivity index (χ2v) is 13.3. The van der Waals surface area contributed by atoms with E-state index in [0.29, 0.717) is 41.4 Å². The fourth-order valence-electron chi connectivity index (χ4n) is 7.59. The number of piperidine rings is 1. The van der Waals surface area contributed by atoms with Gasteiger partial charge in [-0.15, -0.1) is 0 Å². The van der Waals surface area contributed by atoms with Crippen LogP contribution in [0.5, 0.6) is 11.5 Å². The van der Waals surface area contributed by atoms with Crippen molar-refractivity contribution in [1.82, 2.24) is 19.8 Å². The number of nitrogens with zero attached hydrogens (tertiary/aromatic N) is 6. The van der Waals surface area contributed by atoms with E-state index >= 15 is 0 Å². The van der Waals surface area contributed by atoms with Gasteiger partial charge in [0.25, 0.3) is 0 Å². The highest BCUT2D eigenvalue weighted by atomic mass is 16.7. The fourth-order valence-corrected chi connectivity index (χ4v) is 7.59. The van der Waals surface area contributed by atoms with E-state index in [2.05, 4.69) is 47.9 Å². The van der Waals surface area contributed by atoms with Gasteiger partial charge in [0.15, 0.2) is 5.82 Å². The van der Waals surface area contributed by atoms with Crippen LogP contribution < -0.4 is 30.1 Å². The molecule has 2 N–H and O–H groups in total. The third kappa shape index (κ3) is 7.31. The highest BCUT2D eigenvalue weighted by Crippen LogP contribution is 2.41. The Morgan fingerprint density at radius 1 is 0.898 bits per heavy atom. The smallest absolute Gasteiger partial charge is 0.247 e. The summed E-state index contributed by atoms with van der Waals surface area (Å²) in [5.41, 5.74) is 3.37. The molecule has 1 saturated carbocycles. The molecule has 3 aromatic rings. The maximum Gasteiger partial charge on any atom is 0.247 e. The molecule has 1 aliphatic carbocycles. The van der Waals surface area contributed by atoms with Crippen LogP contribution in [-0.4, -0.2) is 97.9 Å². The number of carbonyl (C=O) groups is 1. The summed E-state index contributed by atoms with van der Waals surface area (Å²) in [5.74, 6) is 2.37. The minimum absolute atomic E-state index is 0.0199. The molecule has 4 heterocycles. The lowest BCUT2D eigenvalue weighted by Gasteiger charge is -2.46. The van der Waals surface area contributed by atoms with Crippen LogP contribution in [0.3, 0.4) is 0 Å². The average molecular weight is 669 g/mol. The molecular weight excluding hydrogens is 620 g/mol. The summed E-state index contributed by atoms with van der Waals surface area (Å²) in [6.07, 6.45) is 9.93. The summed E-state index contributed by atoms with van der Waals surface area (Å²) < 4.78 is 11.3. The Hall–Kier alpha value is -4.39. The van der Waals surface area contributed by atoms with Crippen LogP contribution in [0.1, 0.15) is 50.1 Å². The summed E-state index contributed by atoms with van der Waals surface area (Å²) in [6, 6.07) is 15.2. The molecule has 7 rings (SSSR count). The largest absolute Gasteiger partial charge is 0.497 e. The molecule has 260 valence electrons. The molecule has 3 saturated heterocycles. The van der Waals surface area contributed by atoms with Crippen molar-refractivity contribution in [3.05, 3.63) is 67.0 Å². The molecule has 49 heavy (non-hydrogen) atoms. The lowest BCUT2D eigenvalue weighted by Crippen LogP contribution is -2.56. The number of hydroxylamine groups is 1. The number of hydrogen-bond donors (Lipinski definition) is 2. The van der Waals surface area contributed by atoms with Gasteiger partial charge in [-0.25, -0.2) is 15.0 Å². The number of amides is 1. The van der Waals surface area contributed by atoms with Crippen LogP contribution in [-0.2, 0) is 9.63 Å². The van der Waals surface area contributed by atoms with E-state index in [1.165, 1.54) is 44.8 Å². The van der Waals surface area contributed by atoms with Crippen LogP contribution in [0.25, 0.3) is 0 Å². The van der Waals surface area contributed by atoms with E-state index in [-0.39, 0.29) is 11.9 Å². The van der Waals surface area contributed by atoms with Gasteiger partial charge in [-0.2, -0.15) is 0 Å². The van der Waals surface area contributed by atoms with Crippen LogP contribution in [0, 0.1) is 0 Å². The second kappa shape index (κ2) is 15.0. The number of benzene rings is 2. The predicted octanol–water partition coefficient (Wildman–Crippen LogP) is 5.38. The van der Waals surface area contributed by atoms with E-state index in [4.69, 9.17) is 14.3 Å². The normalized spacial score (nSPS) is 20.9. The Morgan fingerprint density at radius 2 is 1.65 bits per heavy atom. The first-order valence-corrected chi connectivity index (χ1v) is 17.6. The van der Waals surface area contributed by atoms with Crippen molar-refractivity contribution in [2.24, 2.45) is 0 Å². The second-order valence-electron chi connectivity index (χ2n) is 13.3. The molecule has 12 heteroatoms. The molecule has 1 atom stereocenters. The Kier molecular flexibility index (Phi) is 10.2. The first kappa shape index (κ1) is 33.1. The third-order valence-electron chi connectivity index (χ3n) is 10.5. The molecule has 4 fully saturated rings. The average Bonchev–Trinajstić information content (AvgIpc) is 3.62. The molecular formula is C37H48N8O4. The van der Waals surface area contributed by atoms with Gasteiger partial charge in [-0.05, 0) is 55.5 Å². The molecule has 4 aliphatic rings. The molecule has 3 aliphatic heterocycles. The first-order valence-electron chi connectivity index (χ1n) is 17.6. The van der Waals surface area contributed by atoms with Gasteiger partial charge in [-0.1, -0.05) is 25.1 Å². The van der Waals surface area contributed by atoms with Gasteiger partial charge >= 0.3 is 0 Å². The fraction of sp³-hybridized carbons (Fsp3) is 0.486. The van der Waals surface area contributed by atoms with Crippen molar-refractivity contribution < 1.29 is 19.1 Å². The van der Waals surface area contributed by atoms with Gasteiger partial charge in [0.1, 0.15) is 23.6 Å². The molecule has 1 aromatic heterocycles. The Labute approximate surface area is 289 Å². The Morgan fingerprint density at radius 3 is 2.33 bits per heavy atom. The molecule has 1 amide bonds. The molecule has 2 aromatic carbocycles. The lowest BCUT2D eigenvalue weighted by atomic mass is 9.91. The van der Waals surface area contributed by atoms with E-state index in [1.54, 1.807) is 14.2 Å². The summed E-state index contributed by atoms with van der Waals surface area (Å²) in [4.78, 5) is 35.4. The van der Waals surface area contributed by atoms with Crippen LogP contribution in [0.2, 0.25) is 0 Å². The van der Waals surface area contributed by atoms with Gasteiger partial charge in [0.05, 0.1) is 43.9 Å². The van der Waals surface area contributed by atoms with Crippen molar-refractivity contribution in [2.45, 2.75) is 56.7 Å². The van der Waals surface area contributed by atoms with Gasteiger partial charge in [0.2, 0.25) is 5.91 Å². The number of hydrogen-bond acceptors (Lipinski definition) is 11. The maximum atomic E-state index is 12.6. The van der Waals surface area contributed by atoms with E-state index in [0.717, 1.165) is 68.5 Å². The molecule has 0 bridgehead atoms. The highest BCUT2D eigenvalue weighted by Gasteiger charge is 2.33. The van der Waals surface area contributed by atoms with Crippen molar-refractivity contribution in [3.8, 4) is 11.5 Å². The van der Waals surface area contributed by atoms with E-state index in [1.807, 2.05) is 41.5 Å².